The van der Waals surface area contributed by atoms with Gasteiger partial charge < -0.3 is 4.57 Å². The summed E-state index contributed by atoms with van der Waals surface area (Å²) in [6.45, 7) is 0.946. The Morgan fingerprint density at radius 3 is 3.00 bits per heavy atom. The highest BCUT2D eigenvalue weighted by molar-refractivity contribution is 7.99. The summed E-state index contributed by atoms with van der Waals surface area (Å²) in [6, 6.07) is 5.45. The van der Waals surface area contributed by atoms with Gasteiger partial charge >= 0.3 is 0 Å². The monoisotopic (exact) mass is 307 g/mol. The van der Waals surface area contributed by atoms with Crippen LogP contribution in [-0.2, 0) is 13.0 Å². The van der Waals surface area contributed by atoms with Gasteiger partial charge in [0.15, 0.2) is 11.4 Å². The highest BCUT2D eigenvalue weighted by Gasteiger charge is 2.17. The van der Waals surface area contributed by atoms with Crippen molar-refractivity contribution in [3.8, 4) is 0 Å². The topological polar surface area (TPSA) is 47.8 Å². The molecule has 4 nitrogen and oxygen atoms in total. The third kappa shape index (κ3) is 2.60. The maximum Gasteiger partial charge on any atom is 0.196 e. The van der Waals surface area contributed by atoms with Gasteiger partial charge in [0.1, 0.15) is 5.82 Å². The average Bonchev–Trinajstić information content (AvgIpc) is 2.68. The second-order valence-corrected chi connectivity index (χ2v) is 6.15. The molecule has 0 bridgehead atoms. The first-order valence-corrected chi connectivity index (χ1v) is 7.82. The highest BCUT2D eigenvalue weighted by Crippen LogP contribution is 2.33. The molecule has 6 heteroatoms. The van der Waals surface area contributed by atoms with E-state index in [2.05, 4.69) is 14.8 Å². The van der Waals surface area contributed by atoms with Gasteiger partial charge in [0.2, 0.25) is 0 Å². The van der Waals surface area contributed by atoms with Crippen molar-refractivity contribution in [2.45, 2.75) is 42.3 Å². The van der Waals surface area contributed by atoms with E-state index in [-0.39, 0.29) is 0 Å². The number of carbonyl (C=O) groups is 1. The molecular formula is C14H14ClN3OS. The first kappa shape index (κ1) is 13.6. The van der Waals surface area contributed by atoms with Crippen LogP contribution in [-0.4, -0.2) is 21.1 Å². The van der Waals surface area contributed by atoms with E-state index < -0.39 is 0 Å². The van der Waals surface area contributed by atoms with Crippen LogP contribution in [0.1, 0.15) is 35.4 Å². The smallest absolute Gasteiger partial charge is 0.196 e. The van der Waals surface area contributed by atoms with Gasteiger partial charge in [0.05, 0.1) is 5.02 Å². The average molecular weight is 308 g/mol. The van der Waals surface area contributed by atoms with Gasteiger partial charge in [-0.25, -0.2) is 0 Å². The molecule has 20 heavy (non-hydrogen) atoms. The second kappa shape index (κ2) is 5.97. The van der Waals surface area contributed by atoms with Gasteiger partial charge in [-0.3, -0.25) is 4.79 Å². The summed E-state index contributed by atoms with van der Waals surface area (Å²) in [7, 11) is 0. The largest absolute Gasteiger partial charge is 0.306 e. The normalized spacial score (nSPS) is 14.7. The van der Waals surface area contributed by atoms with Crippen molar-refractivity contribution in [2.24, 2.45) is 0 Å². The summed E-state index contributed by atoms with van der Waals surface area (Å²) in [5.74, 6) is 1.04. The van der Waals surface area contributed by atoms with Crippen molar-refractivity contribution in [3.05, 3.63) is 34.6 Å². The number of aldehydes is 1. The lowest BCUT2D eigenvalue weighted by atomic mass is 10.2. The van der Waals surface area contributed by atoms with E-state index in [0.29, 0.717) is 10.6 Å². The predicted molar refractivity (Wildman–Crippen MR) is 78.5 cm³/mol. The molecule has 3 rings (SSSR count). The molecule has 0 saturated carbocycles. The van der Waals surface area contributed by atoms with Crippen molar-refractivity contribution >= 4 is 29.6 Å². The van der Waals surface area contributed by atoms with E-state index in [4.69, 9.17) is 11.6 Å². The third-order valence-electron chi connectivity index (χ3n) is 3.41. The van der Waals surface area contributed by atoms with E-state index >= 15 is 0 Å². The molecule has 0 atom stereocenters. The standard InChI is InChI=1S/C14H14ClN3OS/c15-11-5-4-6-12(10(11)9-19)20-14-17-16-13-7-2-1-3-8-18(13)14/h4-6,9H,1-3,7-8H2. The number of hydrogen-bond donors (Lipinski definition) is 0. The van der Waals surface area contributed by atoms with Crippen LogP contribution >= 0.6 is 23.4 Å². The minimum atomic E-state index is 0.473. The van der Waals surface area contributed by atoms with Gasteiger partial charge in [0, 0.05) is 23.4 Å². The zero-order valence-electron chi connectivity index (χ0n) is 10.9. The molecule has 2 aromatic rings. The van der Waals surface area contributed by atoms with Gasteiger partial charge in [-0.05, 0) is 36.7 Å². The van der Waals surface area contributed by atoms with Gasteiger partial charge in [-0.2, -0.15) is 0 Å². The molecule has 1 aromatic heterocycles. The molecule has 0 spiro atoms. The van der Waals surface area contributed by atoms with Crippen LogP contribution < -0.4 is 0 Å². The summed E-state index contributed by atoms with van der Waals surface area (Å²) in [4.78, 5) is 12.0. The van der Waals surface area contributed by atoms with Gasteiger partial charge in [-0.1, -0.05) is 24.1 Å². The minimum Gasteiger partial charge on any atom is -0.306 e. The van der Waals surface area contributed by atoms with E-state index in [0.717, 1.165) is 41.5 Å². The van der Waals surface area contributed by atoms with Crippen molar-refractivity contribution < 1.29 is 4.79 Å². The maximum absolute atomic E-state index is 11.2. The predicted octanol–water partition coefficient (Wildman–Crippen LogP) is 3.62. The number of carbonyl (C=O) groups excluding carboxylic acids is 1. The Bertz CT molecular complexity index is 641. The van der Waals surface area contributed by atoms with Crippen LogP contribution in [0, 0.1) is 0 Å². The third-order valence-corrected chi connectivity index (χ3v) is 4.80. The second-order valence-electron chi connectivity index (χ2n) is 4.73. The van der Waals surface area contributed by atoms with Gasteiger partial charge in [-0.15, -0.1) is 10.2 Å². The number of rotatable bonds is 3. The van der Waals surface area contributed by atoms with E-state index in [1.807, 2.05) is 12.1 Å². The molecule has 0 saturated heterocycles. The van der Waals surface area contributed by atoms with Crippen molar-refractivity contribution in [1.29, 1.82) is 0 Å². The number of nitrogens with zero attached hydrogens (tertiary/aromatic N) is 3. The fourth-order valence-corrected chi connectivity index (χ4v) is 3.63. The number of fused-ring (bicyclic) bond motifs is 1. The van der Waals surface area contributed by atoms with Crippen LogP contribution in [0.4, 0.5) is 0 Å². The zero-order chi connectivity index (χ0) is 13.9. The number of hydrogen-bond acceptors (Lipinski definition) is 4. The van der Waals surface area contributed by atoms with Crippen LogP contribution in [0.25, 0.3) is 0 Å². The molecule has 1 aliphatic heterocycles. The van der Waals surface area contributed by atoms with Crippen LogP contribution in [0.5, 0.6) is 0 Å². The van der Waals surface area contributed by atoms with Crippen LogP contribution in [0.3, 0.4) is 0 Å². The van der Waals surface area contributed by atoms with E-state index in [1.54, 1.807) is 6.07 Å². The molecule has 0 unspecified atom stereocenters. The highest BCUT2D eigenvalue weighted by atomic mass is 35.5. The molecule has 0 fully saturated rings. The van der Waals surface area contributed by atoms with E-state index in [1.165, 1.54) is 24.6 Å². The molecular weight excluding hydrogens is 294 g/mol. The van der Waals surface area contributed by atoms with Crippen molar-refractivity contribution in [2.75, 3.05) is 0 Å². The summed E-state index contributed by atoms with van der Waals surface area (Å²) in [5, 5.41) is 9.83. The molecule has 0 radical (unpaired) electrons. The molecule has 1 aromatic carbocycles. The molecule has 0 aliphatic carbocycles. The fourth-order valence-electron chi connectivity index (χ4n) is 2.35. The quantitative estimate of drug-likeness (QED) is 0.813. The maximum atomic E-state index is 11.2. The summed E-state index contributed by atoms with van der Waals surface area (Å²) in [6.07, 6.45) is 5.31. The minimum absolute atomic E-state index is 0.473. The summed E-state index contributed by atoms with van der Waals surface area (Å²) in [5.41, 5.74) is 0.519. The number of halogens is 1. The number of aromatic nitrogens is 3. The Labute approximate surface area is 126 Å². The Kier molecular flexibility index (Phi) is 4.08. The number of aryl methyl sites for hydroxylation is 1. The van der Waals surface area contributed by atoms with Gasteiger partial charge in [0.25, 0.3) is 0 Å². The Hall–Kier alpha value is -1.33. The number of benzene rings is 1. The van der Waals surface area contributed by atoms with E-state index in [9.17, 15) is 4.79 Å². The fraction of sp³-hybridized carbons (Fsp3) is 0.357. The molecule has 0 amide bonds. The van der Waals surface area contributed by atoms with Crippen molar-refractivity contribution in [3.63, 3.8) is 0 Å². The van der Waals surface area contributed by atoms with Crippen LogP contribution in [0.15, 0.2) is 28.3 Å². The Balaban J connectivity index is 1.94. The summed E-state index contributed by atoms with van der Waals surface area (Å²) < 4.78 is 2.16. The van der Waals surface area contributed by atoms with Crippen molar-refractivity contribution in [1.82, 2.24) is 14.8 Å². The molecule has 2 heterocycles. The molecule has 1 aliphatic rings. The zero-order valence-corrected chi connectivity index (χ0v) is 12.5. The Morgan fingerprint density at radius 1 is 1.25 bits per heavy atom. The van der Waals surface area contributed by atoms with Crippen LogP contribution in [0.2, 0.25) is 5.02 Å². The first-order chi connectivity index (χ1) is 9.79. The summed E-state index contributed by atoms with van der Waals surface area (Å²) >= 11 is 7.51. The Morgan fingerprint density at radius 2 is 2.15 bits per heavy atom. The lowest BCUT2D eigenvalue weighted by Crippen LogP contribution is -2.02. The molecule has 104 valence electrons. The SMILES string of the molecule is O=Cc1c(Cl)cccc1Sc1nnc2n1CCCCC2. The lowest BCUT2D eigenvalue weighted by Gasteiger charge is -2.08. The first-order valence-electron chi connectivity index (χ1n) is 6.63. The lowest BCUT2D eigenvalue weighted by molar-refractivity contribution is 0.112. The molecule has 0 N–H and O–H groups in total.